The van der Waals surface area contributed by atoms with Crippen molar-refractivity contribution >= 4 is 28.2 Å². The maximum absolute atomic E-state index is 12.7. The first-order chi connectivity index (χ1) is 11.6. The van der Waals surface area contributed by atoms with Gasteiger partial charge < -0.3 is 4.74 Å². The Hall–Kier alpha value is -2.71. The number of hydrogen-bond acceptors (Lipinski definition) is 5. The maximum atomic E-state index is 12.7. The second kappa shape index (κ2) is 5.43. The molecule has 0 aliphatic carbocycles. The molecule has 4 aromatic rings. The van der Waals surface area contributed by atoms with Gasteiger partial charge in [0.05, 0.1) is 28.7 Å². The predicted molar refractivity (Wildman–Crippen MR) is 88.6 cm³/mol. The van der Waals surface area contributed by atoms with E-state index in [-0.39, 0.29) is 5.56 Å². The van der Waals surface area contributed by atoms with Crippen molar-refractivity contribution in [3.8, 4) is 5.82 Å². The third kappa shape index (κ3) is 2.04. The minimum absolute atomic E-state index is 0.193. The van der Waals surface area contributed by atoms with Gasteiger partial charge in [-0.15, -0.1) is 5.10 Å². The number of methoxy groups -OCH3 is 1. The van der Waals surface area contributed by atoms with Crippen LogP contribution in [0.3, 0.4) is 0 Å². The molecule has 0 unspecified atom stereocenters. The number of nitrogens with zero attached hydrogens (tertiary/aromatic N) is 6. The molecule has 0 aliphatic rings. The van der Waals surface area contributed by atoms with Gasteiger partial charge in [0, 0.05) is 14.2 Å². The van der Waals surface area contributed by atoms with Crippen LogP contribution < -0.4 is 5.56 Å². The van der Waals surface area contributed by atoms with Crippen molar-refractivity contribution in [3.63, 3.8) is 0 Å². The topological polar surface area (TPSA) is 79.2 Å². The fraction of sp³-hybridized carbons (Fsp3) is 0.200. The van der Waals surface area contributed by atoms with E-state index >= 15 is 0 Å². The Morgan fingerprint density at radius 2 is 2.17 bits per heavy atom. The highest BCUT2D eigenvalue weighted by Gasteiger charge is 2.17. The molecule has 0 saturated heterocycles. The predicted octanol–water partition coefficient (Wildman–Crippen LogP) is 1.57. The van der Waals surface area contributed by atoms with Gasteiger partial charge in [-0.25, -0.2) is 4.98 Å². The summed E-state index contributed by atoms with van der Waals surface area (Å²) in [5.41, 5.74) is 1.77. The van der Waals surface area contributed by atoms with Crippen molar-refractivity contribution in [2.45, 2.75) is 6.61 Å². The van der Waals surface area contributed by atoms with Crippen LogP contribution in [-0.2, 0) is 18.4 Å². The zero-order valence-electron chi connectivity index (χ0n) is 13.0. The lowest BCUT2D eigenvalue weighted by Gasteiger charge is -2.09. The van der Waals surface area contributed by atoms with Crippen LogP contribution in [-0.4, -0.2) is 36.1 Å². The molecule has 0 bridgehead atoms. The summed E-state index contributed by atoms with van der Waals surface area (Å²) in [6.07, 6.45) is 3.36. The minimum Gasteiger partial charge on any atom is -0.378 e. The Kier molecular flexibility index (Phi) is 3.36. The molecule has 9 heteroatoms. The molecule has 122 valence electrons. The molecule has 8 nitrogen and oxygen atoms in total. The zero-order chi connectivity index (χ0) is 16.8. The second-order valence-corrected chi connectivity index (χ2v) is 5.75. The lowest BCUT2D eigenvalue weighted by Crippen LogP contribution is -2.20. The quantitative estimate of drug-likeness (QED) is 0.563. The van der Waals surface area contributed by atoms with E-state index in [1.807, 2.05) is 10.5 Å². The molecule has 4 rings (SSSR count). The molecular weight excluding hydrogens is 332 g/mol. The van der Waals surface area contributed by atoms with E-state index in [9.17, 15) is 4.79 Å². The minimum atomic E-state index is -0.193. The monoisotopic (exact) mass is 344 g/mol. The van der Waals surface area contributed by atoms with Crippen LogP contribution in [0.4, 0.5) is 0 Å². The van der Waals surface area contributed by atoms with Crippen molar-refractivity contribution in [2.75, 3.05) is 7.11 Å². The van der Waals surface area contributed by atoms with Crippen LogP contribution in [0.1, 0.15) is 5.69 Å². The first-order valence-corrected chi connectivity index (χ1v) is 7.54. The molecule has 24 heavy (non-hydrogen) atoms. The average Bonchev–Trinajstić information content (AvgIpc) is 3.19. The summed E-state index contributed by atoms with van der Waals surface area (Å²) in [6, 6.07) is 5.33. The molecule has 1 aromatic carbocycles. The van der Waals surface area contributed by atoms with E-state index in [1.54, 1.807) is 38.8 Å². The van der Waals surface area contributed by atoms with E-state index in [2.05, 4.69) is 15.3 Å². The Labute approximate surface area is 140 Å². The van der Waals surface area contributed by atoms with Crippen LogP contribution in [0.5, 0.6) is 0 Å². The smallest absolute Gasteiger partial charge is 0.262 e. The van der Waals surface area contributed by atoms with E-state index in [1.165, 1.54) is 9.25 Å². The Morgan fingerprint density at radius 1 is 1.33 bits per heavy atom. The zero-order valence-corrected chi connectivity index (χ0v) is 13.7. The molecule has 0 radical (unpaired) electrons. The summed E-state index contributed by atoms with van der Waals surface area (Å²) < 4.78 is 9.90. The standard InChI is InChI=1S/C15H13ClN6O2/c1-20-14-13(22-6-9(7-24-2)18-19-22)17-8-21(14)11-5-3-4-10(16)12(11)15(20)23/h3-6,8H,7H2,1-2H3. The number of halogens is 1. The highest BCUT2D eigenvalue weighted by Crippen LogP contribution is 2.23. The molecule has 3 heterocycles. The molecule has 0 saturated carbocycles. The highest BCUT2D eigenvalue weighted by molar-refractivity contribution is 6.35. The largest absolute Gasteiger partial charge is 0.378 e. The van der Waals surface area contributed by atoms with Crippen molar-refractivity contribution in [1.82, 2.24) is 28.9 Å². The van der Waals surface area contributed by atoms with Gasteiger partial charge in [0.1, 0.15) is 12.0 Å². The SMILES string of the molecule is COCc1cn(-c2ncn3c4cccc(Cl)c4c(=O)n(C)c23)nn1. The fourth-order valence-corrected chi connectivity index (χ4v) is 3.04. The molecule has 3 aromatic heterocycles. The molecule has 0 aliphatic heterocycles. The summed E-state index contributed by atoms with van der Waals surface area (Å²) in [5.74, 6) is 0.506. The number of hydrogen-bond donors (Lipinski definition) is 0. The van der Waals surface area contributed by atoms with E-state index in [4.69, 9.17) is 16.3 Å². The Bertz CT molecular complexity index is 1130. The number of aromatic nitrogens is 6. The van der Waals surface area contributed by atoms with Crippen LogP contribution in [0, 0.1) is 0 Å². The summed E-state index contributed by atoms with van der Waals surface area (Å²) in [7, 11) is 3.27. The molecule has 0 spiro atoms. The summed E-state index contributed by atoms with van der Waals surface area (Å²) in [5, 5.41) is 8.96. The van der Waals surface area contributed by atoms with Crippen LogP contribution in [0.25, 0.3) is 22.4 Å². The first-order valence-electron chi connectivity index (χ1n) is 7.16. The lowest BCUT2D eigenvalue weighted by molar-refractivity contribution is 0.181. The normalized spacial score (nSPS) is 11.6. The van der Waals surface area contributed by atoms with Crippen LogP contribution in [0.15, 0.2) is 35.5 Å². The highest BCUT2D eigenvalue weighted by atomic mass is 35.5. The van der Waals surface area contributed by atoms with Crippen molar-refractivity contribution in [3.05, 3.63) is 51.8 Å². The molecule has 0 N–H and O–H groups in total. The van der Waals surface area contributed by atoms with E-state index in [0.29, 0.717) is 39.7 Å². The number of fused-ring (bicyclic) bond motifs is 3. The second-order valence-electron chi connectivity index (χ2n) is 5.35. The number of rotatable bonds is 3. The number of aryl methyl sites for hydroxylation is 1. The Morgan fingerprint density at radius 3 is 2.96 bits per heavy atom. The van der Waals surface area contributed by atoms with Crippen molar-refractivity contribution in [1.29, 1.82) is 0 Å². The fourth-order valence-electron chi connectivity index (χ4n) is 2.79. The molecule has 0 fully saturated rings. The van der Waals surface area contributed by atoms with Gasteiger partial charge in [0.15, 0.2) is 11.5 Å². The number of ether oxygens (including phenoxy) is 1. The molecular formula is C15H13ClN6O2. The van der Waals surface area contributed by atoms with Gasteiger partial charge in [-0.05, 0) is 12.1 Å². The number of benzene rings is 1. The first kappa shape index (κ1) is 14.9. The summed E-state index contributed by atoms with van der Waals surface area (Å²) in [4.78, 5) is 17.1. The molecule has 0 atom stereocenters. The number of imidazole rings is 1. The van der Waals surface area contributed by atoms with Crippen molar-refractivity contribution in [2.24, 2.45) is 7.05 Å². The van der Waals surface area contributed by atoms with Gasteiger partial charge in [-0.3, -0.25) is 13.8 Å². The van der Waals surface area contributed by atoms with E-state index in [0.717, 1.165) is 0 Å². The van der Waals surface area contributed by atoms with Gasteiger partial charge >= 0.3 is 0 Å². The van der Waals surface area contributed by atoms with E-state index < -0.39 is 0 Å². The van der Waals surface area contributed by atoms with Gasteiger partial charge in [0.25, 0.3) is 5.56 Å². The van der Waals surface area contributed by atoms with Gasteiger partial charge in [-0.1, -0.05) is 22.9 Å². The van der Waals surface area contributed by atoms with Crippen LogP contribution >= 0.6 is 11.6 Å². The summed E-state index contributed by atoms with van der Waals surface area (Å²) in [6.45, 7) is 0.350. The molecule has 0 amide bonds. The summed E-state index contributed by atoms with van der Waals surface area (Å²) >= 11 is 6.21. The Balaban J connectivity index is 2.06. The maximum Gasteiger partial charge on any atom is 0.262 e. The lowest BCUT2D eigenvalue weighted by atomic mass is 10.2. The third-order valence-corrected chi connectivity index (χ3v) is 4.18. The van der Waals surface area contributed by atoms with Crippen LogP contribution in [0.2, 0.25) is 5.02 Å². The van der Waals surface area contributed by atoms with Crippen molar-refractivity contribution < 1.29 is 4.74 Å². The van der Waals surface area contributed by atoms with Gasteiger partial charge in [0.2, 0.25) is 0 Å². The third-order valence-electron chi connectivity index (χ3n) is 3.86. The van der Waals surface area contributed by atoms with Gasteiger partial charge in [-0.2, -0.15) is 4.68 Å². The average molecular weight is 345 g/mol.